The molecular weight excluding hydrogens is 421 g/mol. The molecule has 4 nitrogen and oxygen atoms in total. The lowest BCUT2D eigenvalue weighted by atomic mass is 9.88. The summed E-state index contributed by atoms with van der Waals surface area (Å²) < 4.78 is 0. The number of para-hydroxylation sites is 1. The average molecular weight is 440 g/mol. The molecular formula is C24H19Cl2NO3. The van der Waals surface area contributed by atoms with Crippen LogP contribution in [0.5, 0.6) is 0 Å². The van der Waals surface area contributed by atoms with E-state index in [4.69, 9.17) is 23.2 Å². The number of rotatable bonds is 5. The van der Waals surface area contributed by atoms with Crippen LogP contribution < -0.4 is 4.90 Å². The fourth-order valence-corrected chi connectivity index (χ4v) is 4.05. The van der Waals surface area contributed by atoms with Gasteiger partial charge in [0.2, 0.25) is 0 Å². The van der Waals surface area contributed by atoms with E-state index in [1.807, 2.05) is 19.1 Å². The maximum atomic E-state index is 13.3. The summed E-state index contributed by atoms with van der Waals surface area (Å²) in [5.74, 6) is -0.827. The third-order valence-corrected chi connectivity index (χ3v) is 6.09. The highest BCUT2D eigenvalue weighted by atomic mass is 35.5. The number of nitrogens with zero attached hydrogens (tertiary/aromatic N) is 1. The van der Waals surface area contributed by atoms with Gasteiger partial charge >= 0.3 is 0 Å². The number of aliphatic hydroxyl groups is 1. The van der Waals surface area contributed by atoms with Crippen molar-refractivity contribution in [1.29, 1.82) is 0 Å². The Morgan fingerprint density at radius 1 is 1.00 bits per heavy atom. The monoisotopic (exact) mass is 439 g/mol. The van der Waals surface area contributed by atoms with Crippen LogP contribution >= 0.6 is 23.2 Å². The standard InChI is InChI=1S/C24H19Cl2NO3/c1-15-6-9-17(10-7-15)22(28)13-24(30)18-4-2-3-5-21(18)27(23(24)29)14-16-8-11-19(25)20(26)12-16/h2-12,30H,13-14H2,1H3/t24-/m0/s1. The number of carbonyl (C=O) groups is 2. The zero-order valence-corrected chi connectivity index (χ0v) is 17.7. The zero-order chi connectivity index (χ0) is 21.5. The second kappa shape index (κ2) is 7.88. The number of aryl methyl sites for hydroxylation is 1. The SMILES string of the molecule is Cc1ccc(C(=O)C[C@@]2(O)C(=O)N(Cc3ccc(Cl)c(Cl)c3)c3ccccc32)cc1. The molecule has 0 saturated heterocycles. The van der Waals surface area contributed by atoms with Crippen molar-refractivity contribution in [2.45, 2.75) is 25.5 Å². The second-order valence-electron chi connectivity index (χ2n) is 7.48. The third kappa shape index (κ3) is 3.63. The molecule has 30 heavy (non-hydrogen) atoms. The molecule has 6 heteroatoms. The minimum atomic E-state index is -1.92. The van der Waals surface area contributed by atoms with Crippen molar-refractivity contribution < 1.29 is 14.7 Å². The lowest BCUT2D eigenvalue weighted by Gasteiger charge is -2.23. The summed E-state index contributed by atoms with van der Waals surface area (Å²) in [6, 6.07) is 19.2. The highest BCUT2D eigenvalue weighted by Gasteiger charge is 2.50. The van der Waals surface area contributed by atoms with Gasteiger partial charge < -0.3 is 10.0 Å². The van der Waals surface area contributed by atoms with Gasteiger partial charge in [0.25, 0.3) is 5.91 Å². The normalized spacial score (nSPS) is 17.9. The zero-order valence-electron chi connectivity index (χ0n) is 16.2. The molecule has 0 saturated carbocycles. The Kier molecular flexibility index (Phi) is 5.41. The lowest BCUT2D eigenvalue weighted by molar-refractivity contribution is -0.136. The molecule has 0 fully saturated rings. The lowest BCUT2D eigenvalue weighted by Crippen LogP contribution is -2.41. The second-order valence-corrected chi connectivity index (χ2v) is 8.30. The molecule has 1 N–H and O–H groups in total. The van der Waals surface area contributed by atoms with Crippen molar-refractivity contribution in [1.82, 2.24) is 0 Å². The number of Topliss-reactive ketones (excluding diaryl/α,β-unsaturated/α-hetero) is 1. The topological polar surface area (TPSA) is 57.6 Å². The van der Waals surface area contributed by atoms with Crippen LogP contribution in [0.3, 0.4) is 0 Å². The predicted octanol–water partition coefficient (Wildman–Crippen LogP) is 5.31. The van der Waals surface area contributed by atoms with Gasteiger partial charge in [0.15, 0.2) is 11.4 Å². The molecule has 0 bridgehead atoms. The van der Waals surface area contributed by atoms with Crippen LogP contribution in [0.4, 0.5) is 5.69 Å². The Morgan fingerprint density at radius 3 is 2.40 bits per heavy atom. The van der Waals surface area contributed by atoms with Crippen molar-refractivity contribution in [2.24, 2.45) is 0 Å². The van der Waals surface area contributed by atoms with Crippen molar-refractivity contribution in [3.63, 3.8) is 0 Å². The highest BCUT2D eigenvalue weighted by molar-refractivity contribution is 6.42. The molecule has 0 aliphatic carbocycles. The number of benzene rings is 3. The van der Waals surface area contributed by atoms with E-state index < -0.39 is 11.5 Å². The molecule has 3 aromatic carbocycles. The smallest absolute Gasteiger partial charge is 0.264 e. The minimum absolute atomic E-state index is 0.202. The van der Waals surface area contributed by atoms with Gasteiger partial charge in [-0.3, -0.25) is 9.59 Å². The molecule has 0 radical (unpaired) electrons. The Hall–Kier alpha value is -2.66. The van der Waals surface area contributed by atoms with Gasteiger partial charge in [-0.25, -0.2) is 0 Å². The molecule has 152 valence electrons. The molecule has 1 aliphatic rings. The molecule has 1 amide bonds. The van der Waals surface area contributed by atoms with E-state index in [1.54, 1.807) is 54.6 Å². The van der Waals surface area contributed by atoms with E-state index in [9.17, 15) is 14.7 Å². The summed E-state index contributed by atoms with van der Waals surface area (Å²) in [6.45, 7) is 2.13. The number of ketones is 1. The number of carbonyl (C=O) groups excluding carboxylic acids is 2. The predicted molar refractivity (Wildman–Crippen MR) is 118 cm³/mol. The molecule has 1 heterocycles. The number of hydrogen-bond donors (Lipinski definition) is 1. The first kappa shape index (κ1) is 20.6. The van der Waals surface area contributed by atoms with E-state index in [1.165, 1.54) is 4.90 Å². The fourth-order valence-electron chi connectivity index (χ4n) is 3.73. The van der Waals surface area contributed by atoms with E-state index in [0.717, 1.165) is 11.1 Å². The largest absolute Gasteiger partial charge is 0.375 e. The molecule has 1 atom stereocenters. The summed E-state index contributed by atoms with van der Waals surface area (Å²) in [5, 5.41) is 12.2. The summed E-state index contributed by atoms with van der Waals surface area (Å²) in [6.07, 6.45) is -0.330. The van der Waals surface area contributed by atoms with Crippen LogP contribution in [-0.2, 0) is 16.9 Å². The Balaban J connectivity index is 1.67. The first-order valence-corrected chi connectivity index (χ1v) is 10.2. The van der Waals surface area contributed by atoms with E-state index >= 15 is 0 Å². The Labute approximate surface area is 184 Å². The summed E-state index contributed by atoms with van der Waals surface area (Å²) in [5.41, 5.74) is 1.34. The number of fused-ring (bicyclic) bond motifs is 1. The van der Waals surface area contributed by atoms with E-state index in [-0.39, 0.29) is 18.7 Å². The van der Waals surface area contributed by atoms with Gasteiger partial charge in [0.1, 0.15) is 0 Å². The van der Waals surface area contributed by atoms with Crippen molar-refractivity contribution >= 4 is 40.6 Å². The van der Waals surface area contributed by atoms with E-state index in [2.05, 4.69) is 0 Å². The first-order chi connectivity index (χ1) is 14.3. The van der Waals surface area contributed by atoms with Gasteiger partial charge in [-0.1, -0.05) is 77.3 Å². The molecule has 3 aromatic rings. The third-order valence-electron chi connectivity index (χ3n) is 5.35. The summed E-state index contributed by atoms with van der Waals surface area (Å²) in [7, 11) is 0. The Morgan fingerprint density at radius 2 is 1.70 bits per heavy atom. The quantitative estimate of drug-likeness (QED) is 0.548. The van der Waals surface area contributed by atoms with Crippen LogP contribution in [0.2, 0.25) is 10.0 Å². The van der Waals surface area contributed by atoms with Crippen molar-refractivity contribution in [3.05, 3.63) is 99.0 Å². The number of anilines is 1. The van der Waals surface area contributed by atoms with Crippen LogP contribution in [0.15, 0.2) is 66.7 Å². The Bertz CT molecular complexity index is 1140. The fraction of sp³-hybridized carbons (Fsp3) is 0.167. The van der Waals surface area contributed by atoms with Crippen LogP contribution in [0.1, 0.15) is 33.5 Å². The number of amides is 1. The van der Waals surface area contributed by atoms with Crippen LogP contribution in [0, 0.1) is 6.92 Å². The average Bonchev–Trinajstić information content (AvgIpc) is 2.93. The minimum Gasteiger partial charge on any atom is -0.375 e. The van der Waals surface area contributed by atoms with Gasteiger partial charge in [0.05, 0.1) is 28.7 Å². The molecule has 1 aliphatic heterocycles. The molecule has 4 rings (SSSR count). The van der Waals surface area contributed by atoms with Gasteiger partial charge in [0, 0.05) is 11.1 Å². The molecule has 0 spiro atoms. The first-order valence-electron chi connectivity index (χ1n) is 9.47. The summed E-state index contributed by atoms with van der Waals surface area (Å²) in [4.78, 5) is 27.7. The maximum Gasteiger partial charge on any atom is 0.264 e. The van der Waals surface area contributed by atoms with Crippen LogP contribution in [0.25, 0.3) is 0 Å². The number of halogens is 2. The summed E-state index contributed by atoms with van der Waals surface area (Å²) >= 11 is 12.1. The van der Waals surface area contributed by atoms with Gasteiger partial charge in [-0.2, -0.15) is 0 Å². The highest BCUT2D eigenvalue weighted by Crippen LogP contribution is 2.43. The maximum absolute atomic E-state index is 13.3. The molecule has 0 unspecified atom stereocenters. The van der Waals surface area contributed by atoms with Gasteiger partial charge in [-0.05, 0) is 30.7 Å². The molecule has 0 aromatic heterocycles. The van der Waals surface area contributed by atoms with Crippen molar-refractivity contribution in [3.8, 4) is 0 Å². The van der Waals surface area contributed by atoms with Crippen LogP contribution in [-0.4, -0.2) is 16.8 Å². The van der Waals surface area contributed by atoms with Crippen molar-refractivity contribution in [2.75, 3.05) is 4.90 Å². The van der Waals surface area contributed by atoms with Gasteiger partial charge in [-0.15, -0.1) is 0 Å². The number of hydrogen-bond acceptors (Lipinski definition) is 3. The van der Waals surface area contributed by atoms with E-state index in [0.29, 0.717) is 26.9 Å².